The number of carboxylic acid groups (broad SMARTS) is 1. The minimum absolute atomic E-state index is 0. The number of hydrogen-bond donors (Lipinski definition) is 0. The summed E-state index contributed by atoms with van der Waals surface area (Å²) in [6.07, 6.45) is 0.623. The predicted octanol–water partition coefficient (Wildman–Crippen LogP) is -0.738. The van der Waals surface area contributed by atoms with Crippen LogP contribution in [-0.2, 0) is 6.42 Å². The number of carbonyl (C=O) groups is 1. The van der Waals surface area contributed by atoms with Gasteiger partial charge in [0.05, 0.1) is 5.97 Å². The van der Waals surface area contributed by atoms with Crippen LogP contribution in [0.25, 0.3) is 0 Å². The summed E-state index contributed by atoms with van der Waals surface area (Å²) >= 11 is 0. The molecule has 0 radical (unpaired) electrons. The molecule has 0 heterocycles. The molecule has 2 rings (SSSR count). The maximum atomic E-state index is 11.1. The van der Waals surface area contributed by atoms with Gasteiger partial charge in [-0.05, 0) is 42.5 Å². The van der Waals surface area contributed by atoms with Crippen molar-refractivity contribution >= 4 is 5.97 Å². The number of carboxylic acids is 1. The zero-order valence-corrected chi connectivity index (χ0v) is 13.6. The molecule has 0 unspecified atom stereocenters. The molecule has 0 saturated heterocycles. The van der Waals surface area contributed by atoms with E-state index in [-0.39, 0.29) is 35.1 Å². The number of carbonyl (C=O) groups excluding carboxylic acids is 1. The van der Waals surface area contributed by atoms with Crippen LogP contribution in [0.1, 0.15) is 32.6 Å². The van der Waals surface area contributed by atoms with E-state index in [1.165, 1.54) is 11.1 Å². The smallest absolute Gasteiger partial charge is 0.545 e. The minimum atomic E-state index is -1.11. The first-order valence-electron chi connectivity index (χ1n) is 5.94. The topological polar surface area (TPSA) is 40.1 Å². The molecule has 19 heavy (non-hydrogen) atoms. The molecular weight excluding hydrogens is 247 g/mol. The molecule has 2 aromatic rings. The fraction of sp³-hybridized carbons (Fsp3) is 0.188. The Morgan fingerprint density at radius 3 is 2.32 bits per heavy atom. The van der Waals surface area contributed by atoms with Crippen LogP contribution < -0.4 is 34.7 Å². The Hall–Kier alpha value is -1.09. The van der Waals surface area contributed by atoms with Crippen LogP contribution in [0.3, 0.4) is 0 Å². The standard InChI is InChI=1S/C16H16O2.Na/c1-11-6-5-8-13(12(11)2)10-14-7-3-4-9-15(14)16(17)18;/h3-9H,10H2,1-2H3,(H,17,18);/q;+1/p-1. The molecule has 0 N–H and O–H groups in total. The van der Waals surface area contributed by atoms with E-state index >= 15 is 0 Å². The summed E-state index contributed by atoms with van der Waals surface area (Å²) < 4.78 is 0. The van der Waals surface area contributed by atoms with E-state index < -0.39 is 5.97 Å². The Labute approximate surface area is 135 Å². The van der Waals surface area contributed by atoms with Crippen molar-refractivity contribution in [1.29, 1.82) is 0 Å². The molecule has 0 atom stereocenters. The zero-order chi connectivity index (χ0) is 13.1. The van der Waals surface area contributed by atoms with Gasteiger partial charge in [-0.2, -0.15) is 0 Å². The Kier molecular flexibility index (Phi) is 5.80. The summed E-state index contributed by atoms with van der Waals surface area (Å²) in [4.78, 5) is 11.1. The van der Waals surface area contributed by atoms with Crippen molar-refractivity contribution in [2.24, 2.45) is 0 Å². The number of aryl methyl sites for hydroxylation is 1. The first kappa shape index (κ1) is 16.0. The largest absolute Gasteiger partial charge is 1.00 e. The monoisotopic (exact) mass is 262 g/mol. The third kappa shape index (κ3) is 3.69. The van der Waals surface area contributed by atoms with Gasteiger partial charge in [-0.25, -0.2) is 0 Å². The van der Waals surface area contributed by atoms with E-state index in [4.69, 9.17) is 0 Å². The number of benzene rings is 2. The summed E-state index contributed by atoms with van der Waals surface area (Å²) in [5, 5.41) is 11.1. The maximum absolute atomic E-state index is 11.1. The molecule has 0 aliphatic heterocycles. The average molecular weight is 262 g/mol. The van der Waals surface area contributed by atoms with E-state index in [1.807, 2.05) is 24.3 Å². The Bertz CT molecular complexity index is 591. The molecule has 0 aliphatic carbocycles. The second-order valence-electron chi connectivity index (χ2n) is 4.48. The normalized spacial score (nSPS) is 9.79. The Morgan fingerprint density at radius 2 is 1.63 bits per heavy atom. The van der Waals surface area contributed by atoms with Gasteiger partial charge in [-0.15, -0.1) is 0 Å². The van der Waals surface area contributed by atoms with E-state index in [2.05, 4.69) is 19.9 Å². The molecule has 0 spiro atoms. The maximum Gasteiger partial charge on any atom is 1.00 e. The summed E-state index contributed by atoms with van der Waals surface area (Å²) in [7, 11) is 0. The van der Waals surface area contributed by atoms with Crippen LogP contribution in [0.15, 0.2) is 42.5 Å². The third-order valence-corrected chi connectivity index (χ3v) is 3.33. The second-order valence-corrected chi connectivity index (χ2v) is 4.48. The van der Waals surface area contributed by atoms with E-state index in [1.54, 1.807) is 12.1 Å². The van der Waals surface area contributed by atoms with Crippen LogP contribution in [0.4, 0.5) is 0 Å². The summed E-state index contributed by atoms with van der Waals surface area (Å²) in [6, 6.07) is 13.1. The molecule has 2 aromatic carbocycles. The van der Waals surface area contributed by atoms with Gasteiger partial charge < -0.3 is 9.90 Å². The Balaban J connectivity index is 0.00000180. The molecule has 2 nitrogen and oxygen atoms in total. The van der Waals surface area contributed by atoms with Gasteiger partial charge in [0.1, 0.15) is 0 Å². The summed E-state index contributed by atoms with van der Waals surface area (Å²) in [5.41, 5.74) is 4.66. The fourth-order valence-corrected chi connectivity index (χ4v) is 2.08. The summed E-state index contributed by atoms with van der Waals surface area (Å²) in [5.74, 6) is -1.11. The molecule has 92 valence electrons. The van der Waals surface area contributed by atoms with Gasteiger partial charge in [0.25, 0.3) is 0 Å². The van der Waals surface area contributed by atoms with Gasteiger partial charge >= 0.3 is 29.6 Å². The van der Waals surface area contributed by atoms with Gasteiger partial charge in [0, 0.05) is 5.56 Å². The zero-order valence-electron chi connectivity index (χ0n) is 11.6. The summed E-state index contributed by atoms with van der Waals surface area (Å²) in [6.45, 7) is 4.12. The van der Waals surface area contributed by atoms with Crippen molar-refractivity contribution in [2.45, 2.75) is 20.3 Å². The van der Waals surface area contributed by atoms with Crippen molar-refractivity contribution in [3.8, 4) is 0 Å². The minimum Gasteiger partial charge on any atom is -0.545 e. The number of aromatic carboxylic acids is 1. The van der Waals surface area contributed by atoms with Gasteiger partial charge in [-0.1, -0.05) is 42.5 Å². The predicted molar refractivity (Wildman–Crippen MR) is 69.5 cm³/mol. The van der Waals surface area contributed by atoms with Crippen LogP contribution in [0.2, 0.25) is 0 Å². The molecule has 0 aliphatic rings. The van der Waals surface area contributed by atoms with E-state index in [0.717, 1.165) is 11.1 Å². The van der Waals surface area contributed by atoms with Crippen molar-refractivity contribution < 1.29 is 39.5 Å². The van der Waals surface area contributed by atoms with Crippen molar-refractivity contribution in [1.82, 2.24) is 0 Å². The molecular formula is C16H15NaO2. The number of hydrogen-bond acceptors (Lipinski definition) is 2. The van der Waals surface area contributed by atoms with Gasteiger partial charge in [-0.3, -0.25) is 0 Å². The first-order chi connectivity index (χ1) is 8.59. The van der Waals surface area contributed by atoms with E-state index in [9.17, 15) is 9.90 Å². The molecule has 0 saturated carbocycles. The SMILES string of the molecule is Cc1cccc(Cc2ccccc2C(=O)[O-])c1C.[Na+]. The molecule has 3 heteroatoms. The quantitative estimate of drug-likeness (QED) is 0.684. The van der Waals surface area contributed by atoms with Crippen LogP contribution in [0, 0.1) is 13.8 Å². The van der Waals surface area contributed by atoms with Crippen LogP contribution in [-0.4, -0.2) is 5.97 Å². The average Bonchev–Trinajstić information content (AvgIpc) is 2.35. The number of rotatable bonds is 3. The van der Waals surface area contributed by atoms with Gasteiger partial charge in [0.15, 0.2) is 0 Å². The molecule has 0 aromatic heterocycles. The Morgan fingerprint density at radius 1 is 1.00 bits per heavy atom. The first-order valence-corrected chi connectivity index (χ1v) is 5.94. The molecule has 0 bridgehead atoms. The van der Waals surface area contributed by atoms with Gasteiger partial charge in [0.2, 0.25) is 0 Å². The van der Waals surface area contributed by atoms with E-state index in [0.29, 0.717) is 6.42 Å². The van der Waals surface area contributed by atoms with Crippen LogP contribution >= 0.6 is 0 Å². The molecule has 0 amide bonds. The van der Waals surface area contributed by atoms with Crippen LogP contribution in [0.5, 0.6) is 0 Å². The van der Waals surface area contributed by atoms with Crippen molar-refractivity contribution in [3.63, 3.8) is 0 Å². The second kappa shape index (κ2) is 6.90. The fourth-order valence-electron chi connectivity index (χ4n) is 2.08. The molecule has 0 fully saturated rings. The van der Waals surface area contributed by atoms with Crippen molar-refractivity contribution in [3.05, 3.63) is 70.3 Å². The van der Waals surface area contributed by atoms with Crippen molar-refractivity contribution in [2.75, 3.05) is 0 Å². The third-order valence-electron chi connectivity index (χ3n) is 3.33.